The average Bonchev–Trinajstić information content (AvgIpc) is 2.85. The van der Waals surface area contributed by atoms with E-state index >= 15 is 0 Å². The van der Waals surface area contributed by atoms with Gasteiger partial charge in [-0.3, -0.25) is 0 Å². The van der Waals surface area contributed by atoms with Gasteiger partial charge in [-0.25, -0.2) is 9.78 Å². The quantitative estimate of drug-likeness (QED) is 0.272. The van der Waals surface area contributed by atoms with Gasteiger partial charge >= 0.3 is 12.1 Å². The molecule has 0 N–H and O–H groups in total. The summed E-state index contributed by atoms with van der Waals surface area (Å²) in [5.74, 6) is 0.385. The molecule has 5 nitrogen and oxygen atoms in total. The van der Waals surface area contributed by atoms with Crippen LogP contribution in [0.2, 0.25) is 0 Å². The van der Waals surface area contributed by atoms with E-state index in [9.17, 15) is 18.0 Å². The summed E-state index contributed by atoms with van der Waals surface area (Å²) in [6, 6.07) is 17.3. The van der Waals surface area contributed by atoms with Gasteiger partial charge < -0.3 is 14.2 Å². The molecule has 186 valence electrons. The molecule has 0 aliphatic carbocycles. The Morgan fingerprint density at radius 2 is 1.66 bits per heavy atom. The van der Waals surface area contributed by atoms with Crippen LogP contribution in [0.5, 0.6) is 11.5 Å². The molecular formula is C27H28F3NO4. The lowest BCUT2D eigenvalue weighted by molar-refractivity contribution is -0.145. The molecule has 3 aromatic rings. The number of nitrogens with zero attached hydrogens (tertiary/aromatic N) is 1. The first-order chi connectivity index (χ1) is 16.8. The zero-order valence-corrected chi connectivity index (χ0v) is 19.7. The van der Waals surface area contributed by atoms with E-state index in [1.54, 1.807) is 43.3 Å². The Kier molecular flexibility index (Phi) is 9.11. The second-order valence-corrected chi connectivity index (χ2v) is 7.81. The number of alkyl halides is 3. The van der Waals surface area contributed by atoms with E-state index in [4.69, 9.17) is 19.2 Å². The Bertz CT molecular complexity index is 1100. The summed E-state index contributed by atoms with van der Waals surface area (Å²) in [5.41, 5.74) is 1.07. The minimum atomic E-state index is -4.39. The lowest BCUT2D eigenvalue weighted by atomic mass is 10.1. The highest BCUT2D eigenvalue weighted by molar-refractivity contribution is 5.71. The van der Waals surface area contributed by atoms with Gasteiger partial charge in [-0.05, 0) is 56.2 Å². The highest BCUT2D eigenvalue weighted by Gasteiger charge is 2.30. The maximum atomic E-state index is 12.9. The van der Waals surface area contributed by atoms with E-state index in [2.05, 4.69) is 6.92 Å². The van der Waals surface area contributed by atoms with Crippen LogP contribution in [0.15, 0.2) is 66.7 Å². The number of carbonyl (C=O) groups excluding carboxylic acids is 1. The molecule has 8 heteroatoms. The topological polar surface area (TPSA) is 57.7 Å². The molecule has 0 amide bonds. The van der Waals surface area contributed by atoms with Crippen LogP contribution in [0.1, 0.15) is 50.5 Å². The number of rotatable bonds is 11. The van der Waals surface area contributed by atoms with Crippen molar-refractivity contribution in [2.24, 2.45) is 0 Å². The zero-order chi connectivity index (χ0) is 25.3. The molecule has 35 heavy (non-hydrogen) atoms. The number of hydrogen-bond donors (Lipinski definition) is 0. The van der Waals surface area contributed by atoms with Crippen molar-refractivity contribution in [3.8, 4) is 22.8 Å². The third kappa shape index (κ3) is 7.47. The molecule has 3 rings (SSSR count). The predicted octanol–water partition coefficient (Wildman–Crippen LogP) is 7.02. The van der Waals surface area contributed by atoms with Gasteiger partial charge in [0.2, 0.25) is 0 Å². The van der Waals surface area contributed by atoms with Gasteiger partial charge in [0.15, 0.2) is 18.1 Å². The summed E-state index contributed by atoms with van der Waals surface area (Å²) < 4.78 is 55.6. The van der Waals surface area contributed by atoms with E-state index in [0.717, 1.165) is 25.0 Å². The molecule has 0 aliphatic rings. The number of pyridine rings is 1. The van der Waals surface area contributed by atoms with Crippen LogP contribution in [0.4, 0.5) is 13.2 Å². The van der Waals surface area contributed by atoms with Crippen molar-refractivity contribution >= 4 is 5.97 Å². The van der Waals surface area contributed by atoms with E-state index < -0.39 is 23.8 Å². The second kappa shape index (κ2) is 12.2. The molecule has 0 radical (unpaired) electrons. The summed E-state index contributed by atoms with van der Waals surface area (Å²) >= 11 is 0. The van der Waals surface area contributed by atoms with Gasteiger partial charge in [0, 0.05) is 5.56 Å². The second-order valence-electron chi connectivity index (χ2n) is 7.81. The summed E-state index contributed by atoms with van der Waals surface area (Å²) in [6.45, 7) is 3.81. The van der Waals surface area contributed by atoms with Gasteiger partial charge in [0.25, 0.3) is 0 Å². The number of esters is 1. The number of carbonyl (C=O) groups is 1. The number of ether oxygens (including phenoxy) is 3. The van der Waals surface area contributed by atoms with E-state index in [0.29, 0.717) is 34.9 Å². The van der Waals surface area contributed by atoms with Crippen molar-refractivity contribution in [1.82, 2.24) is 4.98 Å². The Balaban J connectivity index is 1.84. The lowest BCUT2D eigenvalue weighted by Gasteiger charge is -2.21. The lowest BCUT2D eigenvalue weighted by Crippen LogP contribution is -2.16. The van der Waals surface area contributed by atoms with E-state index in [-0.39, 0.29) is 13.2 Å². The predicted molar refractivity (Wildman–Crippen MR) is 126 cm³/mol. The Morgan fingerprint density at radius 3 is 2.31 bits per heavy atom. The third-order valence-electron chi connectivity index (χ3n) is 5.20. The van der Waals surface area contributed by atoms with Crippen LogP contribution in [0.25, 0.3) is 11.3 Å². The molecule has 2 aromatic carbocycles. The monoisotopic (exact) mass is 487 g/mol. The number of para-hydroxylation sites is 2. The number of unbranched alkanes of at least 4 members (excludes halogenated alkanes) is 1. The fraction of sp³-hybridized carbons (Fsp3) is 0.333. The van der Waals surface area contributed by atoms with E-state index in [1.807, 2.05) is 6.07 Å². The first kappa shape index (κ1) is 26.1. The van der Waals surface area contributed by atoms with Gasteiger partial charge in [0.05, 0.1) is 23.6 Å². The minimum Gasteiger partial charge on any atom is -0.480 e. The SMILES string of the molecule is CCCCC(Oc1ccccc1OCC(=O)OCC)c1cccc(-c2ccc(C(F)(F)F)cc2)n1. The number of hydrogen-bond acceptors (Lipinski definition) is 5. The van der Waals surface area contributed by atoms with Crippen molar-refractivity contribution < 1.29 is 32.2 Å². The van der Waals surface area contributed by atoms with Crippen LogP contribution in [0.3, 0.4) is 0 Å². The molecule has 0 spiro atoms. The summed E-state index contributed by atoms with van der Waals surface area (Å²) in [5, 5.41) is 0. The minimum absolute atomic E-state index is 0.241. The Morgan fingerprint density at radius 1 is 0.943 bits per heavy atom. The highest BCUT2D eigenvalue weighted by atomic mass is 19.4. The maximum Gasteiger partial charge on any atom is 0.416 e. The van der Waals surface area contributed by atoms with Gasteiger partial charge in [-0.15, -0.1) is 0 Å². The molecule has 0 aliphatic heterocycles. The Labute approximate surface area is 202 Å². The smallest absolute Gasteiger partial charge is 0.416 e. The van der Waals surface area contributed by atoms with Gasteiger partial charge in [-0.2, -0.15) is 13.2 Å². The Hall–Kier alpha value is -3.55. The highest BCUT2D eigenvalue weighted by Crippen LogP contribution is 2.34. The molecule has 1 atom stereocenters. The van der Waals surface area contributed by atoms with Crippen molar-refractivity contribution in [2.75, 3.05) is 13.2 Å². The summed E-state index contributed by atoms with van der Waals surface area (Å²) in [4.78, 5) is 16.4. The summed E-state index contributed by atoms with van der Waals surface area (Å²) in [6.07, 6.45) is -2.32. The summed E-state index contributed by atoms with van der Waals surface area (Å²) in [7, 11) is 0. The van der Waals surface area contributed by atoms with Gasteiger partial charge in [-0.1, -0.05) is 43.7 Å². The molecule has 1 heterocycles. The van der Waals surface area contributed by atoms with Crippen molar-refractivity contribution in [3.05, 3.63) is 78.0 Å². The van der Waals surface area contributed by atoms with Crippen LogP contribution < -0.4 is 9.47 Å². The fourth-order valence-electron chi connectivity index (χ4n) is 3.44. The molecule has 0 saturated heterocycles. The average molecular weight is 488 g/mol. The fourth-order valence-corrected chi connectivity index (χ4v) is 3.44. The van der Waals surface area contributed by atoms with Crippen molar-refractivity contribution in [2.45, 2.75) is 45.4 Å². The molecular weight excluding hydrogens is 459 g/mol. The zero-order valence-electron chi connectivity index (χ0n) is 19.7. The molecule has 1 aromatic heterocycles. The van der Waals surface area contributed by atoms with Crippen molar-refractivity contribution in [3.63, 3.8) is 0 Å². The molecule has 0 bridgehead atoms. The first-order valence-electron chi connectivity index (χ1n) is 11.5. The number of benzene rings is 2. The molecule has 0 fully saturated rings. The maximum absolute atomic E-state index is 12.9. The first-order valence-corrected chi connectivity index (χ1v) is 11.5. The largest absolute Gasteiger partial charge is 0.480 e. The third-order valence-corrected chi connectivity index (χ3v) is 5.20. The van der Waals surface area contributed by atoms with Crippen LogP contribution in [-0.2, 0) is 15.7 Å². The molecule has 1 unspecified atom stereocenters. The molecule has 0 saturated carbocycles. The van der Waals surface area contributed by atoms with Crippen molar-refractivity contribution in [1.29, 1.82) is 0 Å². The number of halogens is 3. The van der Waals surface area contributed by atoms with Crippen LogP contribution in [-0.4, -0.2) is 24.2 Å². The van der Waals surface area contributed by atoms with Crippen LogP contribution >= 0.6 is 0 Å². The van der Waals surface area contributed by atoms with Crippen LogP contribution in [0, 0.1) is 0 Å². The normalized spacial score (nSPS) is 12.1. The van der Waals surface area contributed by atoms with Gasteiger partial charge in [0.1, 0.15) is 6.10 Å². The van der Waals surface area contributed by atoms with E-state index in [1.165, 1.54) is 12.1 Å². The number of aromatic nitrogens is 1. The standard InChI is InChI=1S/C27H28F3NO4/c1-3-5-11-23(35-25-13-7-6-12-24(25)34-18-26(32)33-4-2)22-10-8-9-21(31-22)19-14-16-20(17-15-19)27(28,29)30/h6-10,12-17,23H,3-5,11,18H2,1-2H3.